The zero-order chi connectivity index (χ0) is 15.2. The standard InChI is InChI=1S/C18H22ClNS/c1-3-17(20)10-14-8-9-16(19)11-18(14)21-12-15-7-5-4-6-13(15)2/h4-9,11,17H,3,10,12,20H2,1-2H3. The Hall–Kier alpha value is -0.960. The van der Waals surface area contributed by atoms with Gasteiger partial charge in [-0.3, -0.25) is 0 Å². The minimum atomic E-state index is 0.212. The highest BCUT2D eigenvalue weighted by atomic mass is 35.5. The second-order valence-corrected chi connectivity index (χ2v) is 6.79. The average molecular weight is 320 g/mol. The lowest BCUT2D eigenvalue weighted by molar-refractivity contribution is 0.641. The highest BCUT2D eigenvalue weighted by Gasteiger charge is 2.09. The van der Waals surface area contributed by atoms with E-state index in [1.165, 1.54) is 21.6 Å². The summed E-state index contributed by atoms with van der Waals surface area (Å²) in [4.78, 5) is 1.25. The molecule has 0 radical (unpaired) electrons. The normalized spacial score (nSPS) is 12.4. The zero-order valence-corrected chi connectivity index (χ0v) is 14.2. The fraction of sp³-hybridized carbons (Fsp3) is 0.333. The minimum Gasteiger partial charge on any atom is -0.327 e. The number of nitrogens with two attached hydrogens (primary N) is 1. The van der Waals surface area contributed by atoms with E-state index in [2.05, 4.69) is 50.2 Å². The molecule has 0 bridgehead atoms. The number of hydrogen-bond acceptors (Lipinski definition) is 2. The summed E-state index contributed by atoms with van der Waals surface area (Å²) in [7, 11) is 0. The molecule has 2 N–H and O–H groups in total. The Bertz CT molecular complexity index is 598. The van der Waals surface area contributed by atoms with Crippen molar-refractivity contribution < 1.29 is 0 Å². The largest absolute Gasteiger partial charge is 0.327 e. The number of halogens is 1. The molecule has 112 valence electrons. The lowest BCUT2D eigenvalue weighted by Crippen LogP contribution is -2.21. The Morgan fingerprint density at radius 1 is 1.14 bits per heavy atom. The van der Waals surface area contributed by atoms with Crippen molar-refractivity contribution in [3.63, 3.8) is 0 Å². The van der Waals surface area contributed by atoms with E-state index in [-0.39, 0.29) is 6.04 Å². The number of thioether (sulfide) groups is 1. The van der Waals surface area contributed by atoms with Crippen LogP contribution in [0.3, 0.4) is 0 Å². The molecule has 0 fully saturated rings. The van der Waals surface area contributed by atoms with E-state index in [1.807, 2.05) is 17.8 Å². The smallest absolute Gasteiger partial charge is 0.0417 e. The second kappa shape index (κ2) is 7.88. The molecule has 0 spiro atoms. The molecule has 0 aliphatic carbocycles. The lowest BCUT2D eigenvalue weighted by atomic mass is 10.1. The maximum absolute atomic E-state index is 6.16. The molecular weight excluding hydrogens is 298 g/mol. The van der Waals surface area contributed by atoms with Crippen molar-refractivity contribution in [2.75, 3.05) is 0 Å². The first-order valence-corrected chi connectivity index (χ1v) is 8.67. The molecule has 0 aliphatic rings. The maximum atomic E-state index is 6.16. The van der Waals surface area contributed by atoms with Crippen LogP contribution in [0.15, 0.2) is 47.4 Å². The van der Waals surface area contributed by atoms with Crippen molar-refractivity contribution in [1.82, 2.24) is 0 Å². The summed E-state index contributed by atoms with van der Waals surface area (Å²) in [6.45, 7) is 4.28. The summed E-state index contributed by atoms with van der Waals surface area (Å²) in [5.41, 5.74) is 10.1. The molecule has 21 heavy (non-hydrogen) atoms. The van der Waals surface area contributed by atoms with Crippen molar-refractivity contribution in [2.24, 2.45) is 5.73 Å². The third kappa shape index (κ3) is 4.77. The van der Waals surface area contributed by atoms with Crippen LogP contribution in [-0.4, -0.2) is 6.04 Å². The highest BCUT2D eigenvalue weighted by Crippen LogP contribution is 2.30. The summed E-state index contributed by atoms with van der Waals surface area (Å²) in [5, 5.41) is 0.788. The third-order valence-electron chi connectivity index (χ3n) is 3.68. The van der Waals surface area contributed by atoms with E-state index < -0.39 is 0 Å². The Morgan fingerprint density at radius 3 is 2.62 bits per heavy atom. The number of rotatable bonds is 6. The minimum absolute atomic E-state index is 0.212. The van der Waals surface area contributed by atoms with Crippen LogP contribution in [0, 0.1) is 6.92 Å². The van der Waals surface area contributed by atoms with Crippen molar-refractivity contribution in [1.29, 1.82) is 0 Å². The van der Waals surface area contributed by atoms with E-state index in [0.717, 1.165) is 23.6 Å². The first kappa shape index (κ1) is 16.4. The molecule has 3 heteroatoms. The van der Waals surface area contributed by atoms with Crippen molar-refractivity contribution >= 4 is 23.4 Å². The molecule has 1 nitrogen and oxygen atoms in total. The van der Waals surface area contributed by atoms with Gasteiger partial charge in [-0.25, -0.2) is 0 Å². The predicted molar refractivity (Wildman–Crippen MR) is 94.2 cm³/mol. The Labute approximate surface area is 136 Å². The summed E-state index contributed by atoms with van der Waals surface area (Å²) in [5.74, 6) is 0.960. The van der Waals surface area contributed by atoms with Gasteiger partial charge in [0, 0.05) is 21.7 Å². The average Bonchev–Trinajstić information content (AvgIpc) is 2.48. The van der Waals surface area contributed by atoms with Gasteiger partial charge < -0.3 is 5.73 Å². The summed E-state index contributed by atoms with van der Waals surface area (Å²) in [6.07, 6.45) is 1.90. The van der Waals surface area contributed by atoms with Crippen molar-refractivity contribution in [3.8, 4) is 0 Å². The summed E-state index contributed by atoms with van der Waals surface area (Å²) >= 11 is 8.00. The van der Waals surface area contributed by atoms with Crippen LogP contribution in [0.1, 0.15) is 30.0 Å². The fourth-order valence-electron chi connectivity index (χ4n) is 2.19. The molecule has 2 aromatic carbocycles. The van der Waals surface area contributed by atoms with Crippen molar-refractivity contribution in [2.45, 2.75) is 43.4 Å². The van der Waals surface area contributed by atoms with Gasteiger partial charge in [0.2, 0.25) is 0 Å². The predicted octanol–water partition coefficient (Wildman–Crippen LogP) is 5.22. The molecular formula is C18H22ClNS. The van der Waals surface area contributed by atoms with Gasteiger partial charge in [0.05, 0.1) is 0 Å². The lowest BCUT2D eigenvalue weighted by Gasteiger charge is -2.14. The quantitative estimate of drug-likeness (QED) is 0.739. The molecule has 1 unspecified atom stereocenters. The van der Waals surface area contributed by atoms with Gasteiger partial charge in [-0.1, -0.05) is 48.9 Å². The maximum Gasteiger partial charge on any atom is 0.0417 e. The Balaban J connectivity index is 2.14. The zero-order valence-electron chi connectivity index (χ0n) is 12.6. The van der Waals surface area contributed by atoms with Gasteiger partial charge >= 0.3 is 0 Å². The second-order valence-electron chi connectivity index (χ2n) is 5.34. The topological polar surface area (TPSA) is 26.0 Å². The van der Waals surface area contributed by atoms with E-state index in [4.69, 9.17) is 17.3 Å². The third-order valence-corrected chi connectivity index (χ3v) is 5.06. The van der Waals surface area contributed by atoms with Crippen LogP contribution >= 0.6 is 23.4 Å². The molecule has 2 rings (SSSR count). The molecule has 0 aromatic heterocycles. The van der Waals surface area contributed by atoms with Gasteiger partial charge in [0.25, 0.3) is 0 Å². The van der Waals surface area contributed by atoms with Gasteiger partial charge in [-0.2, -0.15) is 0 Å². The Morgan fingerprint density at radius 2 is 1.90 bits per heavy atom. The van der Waals surface area contributed by atoms with Gasteiger partial charge in [-0.05, 0) is 48.6 Å². The molecule has 0 saturated heterocycles. The van der Waals surface area contributed by atoms with E-state index in [0.29, 0.717) is 0 Å². The Kier molecular flexibility index (Phi) is 6.16. The first-order chi connectivity index (χ1) is 10.1. The van der Waals surface area contributed by atoms with E-state index >= 15 is 0 Å². The van der Waals surface area contributed by atoms with Crippen LogP contribution in [-0.2, 0) is 12.2 Å². The molecule has 0 saturated carbocycles. The number of benzene rings is 2. The fourth-order valence-corrected chi connectivity index (χ4v) is 3.60. The van der Waals surface area contributed by atoms with Gasteiger partial charge in [0.1, 0.15) is 0 Å². The SMILES string of the molecule is CCC(N)Cc1ccc(Cl)cc1SCc1ccccc1C. The van der Waals surface area contributed by atoms with Gasteiger partial charge in [-0.15, -0.1) is 11.8 Å². The van der Waals surface area contributed by atoms with Crippen LogP contribution in [0.5, 0.6) is 0 Å². The molecule has 0 heterocycles. The number of aryl methyl sites for hydroxylation is 1. The van der Waals surface area contributed by atoms with Crippen molar-refractivity contribution in [3.05, 3.63) is 64.2 Å². The van der Waals surface area contributed by atoms with Gasteiger partial charge in [0.15, 0.2) is 0 Å². The number of hydrogen-bond donors (Lipinski definition) is 1. The van der Waals surface area contributed by atoms with E-state index in [9.17, 15) is 0 Å². The highest BCUT2D eigenvalue weighted by molar-refractivity contribution is 7.98. The summed E-state index contributed by atoms with van der Waals surface area (Å²) < 4.78 is 0. The first-order valence-electron chi connectivity index (χ1n) is 7.31. The van der Waals surface area contributed by atoms with Crippen LogP contribution in [0.25, 0.3) is 0 Å². The van der Waals surface area contributed by atoms with Crippen LogP contribution in [0.4, 0.5) is 0 Å². The molecule has 0 aliphatic heterocycles. The van der Waals surface area contributed by atoms with E-state index in [1.54, 1.807) is 0 Å². The van der Waals surface area contributed by atoms with Crippen LogP contribution < -0.4 is 5.73 Å². The van der Waals surface area contributed by atoms with Crippen LogP contribution in [0.2, 0.25) is 5.02 Å². The molecule has 0 amide bonds. The molecule has 2 aromatic rings. The monoisotopic (exact) mass is 319 g/mol. The summed E-state index contributed by atoms with van der Waals surface area (Å²) in [6, 6.07) is 14.8. The molecule has 1 atom stereocenters.